The highest BCUT2D eigenvalue weighted by Crippen LogP contribution is 2.68. The molecule has 1 saturated carbocycles. The van der Waals surface area contributed by atoms with E-state index in [9.17, 15) is 36.6 Å². The quantitative estimate of drug-likeness (QED) is 0.0945. The maximum atomic E-state index is 15.4. The van der Waals surface area contributed by atoms with Gasteiger partial charge in [0.25, 0.3) is 18.3 Å². The number of carbonyl (C=O) groups is 2. The highest BCUT2D eigenvalue weighted by Gasteiger charge is 2.67. The number of anilines is 1. The van der Waals surface area contributed by atoms with Crippen molar-refractivity contribution in [2.24, 2.45) is 13.0 Å². The number of hydrogen-bond acceptors (Lipinski definition) is 7. The maximum absolute atomic E-state index is 15.4. The molecule has 19 heteroatoms. The maximum Gasteiger partial charge on any atom is 0.293 e. The van der Waals surface area contributed by atoms with Crippen molar-refractivity contribution in [2.45, 2.75) is 56.2 Å². The summed E-state index contributed by atoms with van der Waals surface area (Å²) in [4.78, 5) is 31.1. The van der Waals surface area contributed by atoms with Gasteiger partial charge in [0.1, 0.15) is 48.5 Å². The smallest absolute Gasteiger partial charge is 0.293 e. The van der Waals surface area contributed by atoms with Crippen LogP contribution in [0.2, 0.25) is 5.02 Å². The van der Waals surface area contributed by atoms with Crippen molar-refractivity contribution < 1.29 is 50.2 Å². The van der Waals surface area contributed by atoms with Crippen LogP contribution in [0.3, 0.4) is 0 Å². The number of ether oxygens (including phenoxy) is 1. The first-order valence-corrected chi connectivity index (χ1v) is 18.1. The van der Waals surface area contributed by atoms with E-state index in [2.05, 4.69) is 37.7 Å². The Balaban J connectivity index is 1.38. The molecule has 2 aliphatic rings. The lowest BCUT2D eigenvalue weighted by Gasteiger charge is -2.23. The molecule has 3 N–H and O–H groups in total. The van der Waals surface area contributed by atoms with Gasteiger partial charge in [-0.05, 0) is 67.5 Å². The number of benzene rings is 2. The monoisotopic (exact) mass is 831 g/mol. The Kier molecular flexibility index (Phi) is 10.8. The van der Waals surface area contributed by atoms with Gasteiger partial charge >= 0.3 is 0 Å². The second-order valence-corrected chi connectivity index (χ2v) is 14.7. The molecular weight excluding hydrogens is 799 g/mol. The van der Waals surface area contributed by atoms with Crippen molar-refractivity contribution >= 4 is 40.1 Å². The normalized spacial score (nSPS) is 17.9. The highest BCUT2D eigenvalue weighted by molar-refractivity contribution is 6.37. The van der Waals surface area contributed by atoms with E-state index < -0.39 is 83.9 Å². The minimum absolute atomic E-state index is 0.00790. The molecule has 1 unspecified atom stereocenters. The van der Waals surface area contributed by atoms with Gasteiger partial charge < -0.3 is 20.5 Å². The largest absolute Gasteiger partial charge is 0.375 e. The van der Waals surface area contributed by atoms with Gasteiger partial charge in [-0.15, -0.1) is 0 Å². The Bertz CT molecular complexity index is 2510. The fraction of sp³-hybridized carbons (Fsp3) is 0.359. The van der Waals surface area contributed by atoms with E-state index >= 15 is 8.78 Å². The van der Waals surface area contributed by atoms with Crippen LogP contribution in [0.4, 0.5) is 36.6 Å². The highest BCUT2D eigenvalue weighted by atomic mass is 35.5. The molecule has 7 rings (SSSR count). The standard InChI is InChI=1S/C39H33ClF7N7O4/c1-38(57,17-41)9-8-21-4-5-22(23-6-7-26(40)31-34(23)53(2)52-37(31)50-29(56)16-58-3)32(48-21)27(12-18-10-19(42)13-20(43)11-18)49-28(55)15-54-35-30(33(51-54)36(44)45)24-14-25(24)39(35,46)47/h4-7,10-11,13,24-25,27,36,57H,12,14-17H2,1-3H3,(H,49,55)(H,50,52,56)/t24-,25+,27-,38?/m0/s1. The molecule has 5 aromatic rings. The number of fused-ring (bicyclic) bond motifs is 4. The molecule has 2 amide bonds. The lowest BCUT2D eigenvalue weighted by Crippen LogP contribution is -2.35. The van der Waals surface area contributed by atoms with Crippen molar-refractivity contribution in [3.8, 4) is 23.0 Å². The van der Waals surface area contributed by atoms with Gasteiger partial charge in [-0.25, -0.2) is 26.9 Å². The molecule has 3 aromatic heterocycles. The minimum atomic E-state index is -3.52. The van der Waals surface area contributed by atoms with Crippen molar-refractivity contribution in [2.75, 3.05) is 25.7 Å². The average molecular weight is 832 g/mol. The fourth-order valence-electron chi connectivity index (χ4n) is 7.39. The summed E-state index contributed by atoms with van der Waals surface area (Å²) in [7, 11) is 2.89. The van der Waals surface area contributed by atoms with Crippen LogP contribution in [-0.2, 0) is 40.3 Å². The van der Waals surface area contributed by atoms with E-state index in [-0.39, 0.29) is 63.8 Å². The number of pyridine rings is 1. The topological polar surface area (TPSA) is 136 Å². The predicted octanol–water partition coefficient (Wildman–Crippen LogP) is 6.67. The lowest BCUT2D eigenvalue weighted by atomic mass is 9.93. The number of aryl methyl sites for hydroxylation is 1. The Hall–Kier alpha value is -5.51. The summed E-state index contributed by atoms with van der Waals surface area (Å²) in [5, 5.41) is 24.2. The predicted molar refractivity (Wildman–Crippen MR) is 196 cm³/mol. The number of rotatable bonds is 12. The van der Waals surface area contributed by atoms with Crippen LogP contribution in [-0.4, -0.2) is 67.5 Å². The number of methoxy groups -OCH3 is 1. The summed E-state index contributed by atoms with van der Waals surface area (Å²) in [5.41, 5.74) is -3.06. The van der Waals surface area contributed by atoms with Crippen LogP contribution in [0.15, 0.2) is 42.5 Å². The fourth-order valence-corrected chi connectivity index (χ4v) is 7.63. The van der Waals surface area contributed by atoms with E-state index in [1.807, 2.05) is 0 Å². The summed E-state index contributed by atoms with van der Waals surface area (Å²) < 4.78 is 108. The summed E-state index contributed by atoms with van der Waals surface area (Å²) >= 11 is 6.64. The second kappa shape index (κ2) is 15.3. The summed E-state index contributed by atoms with van der Waals surface area (Å²) in [6.45, 7) is -1.34. The molecular formula is C39H33ClF7N7O4. The van der Waals surface area contributed by atoms with Crippen LogP contribution in [0.25, 0.3) is 22.0 Å². The molecule has 304 valence electrons. The summed E-state index contributed by atoms with van der Waals surface area (Å²) in [6.07, 6.45) is -3.55. The van der Waals surface area contributed by atoms with Gasteiger partial charge in [0.2, 0.25) is 5.91 Å². The van der Waals surface area contributed by atoms with E-state index in [4.69, 9.17) is 16.3 Å². The van der Waals surface area contributed by atoms with Gasteiger partial charge in [-0.2, -0.15) is 19.0 Å². The number of carbonyl (C=O) groups excluding carboxylic acids is 2. The summed E-state index contributed by atoms with van der Waals surface area (Å²) in [6, 6.07) is 7.30. The third-order valence-corrected chi connectivity index (χ3v) is 10.2. The van der Waals surface area contributed by atoms with Gasteiger partial charge in [0.05, 0.1) is 27.7 Å². The molecule has 2 aromatic carbocycles. The molecule has 0 bridgehead atoms. The van der Waals surface area contributed by atoms with E-state index in [1.54, 1.807) is 13.1 Å². The number of halogens is 8. The molecule has 0 aliphatic heterocycles. The number of hydrogen-bond donors (Lipinski definition) is 3. The van der Waals surface area contributed by atoms with Crippen LogP contribution >= 0.6 is 11.6 Å². The molecule has 0 radical (unpaired) electrons. The van der Waals surface area contributed by atoms with E-state index in [0.29, 0.717) is 21.8 Å². The first kappa shape index (κ1) is 40.7. The van der Waals surface area contributed by atoms with E-state index in [1.165, 1.54) is 30.0 Å². The number of aliphatic hydroxyl groups is 1. The van der Waals surface area contributed by atoms with Crippen LogP contribution in [0, 0.1) is 29.4 Å². The zero-order valence-corrected chi connectivity index (χ0v) is 31.6. The molecule has 1 fully saturated rings. The molecule has 2 aliphatic carbocycles. The zero-order valence-electron chi connectivity index (χ0n) is 30.8. The van der Waals surface area contributed by atoms with Crippen molar-refractivity contribution in [3.05, 3.63) is 93.0 Å². The number of nitrogens with zero attached hydrogens (tertiary/aromatic N) is 5. The van der Waals surface area contributed by atoms with Gasteiger partial charge in [-0.3, -0.25) is 19.0 Å². The third-order valence-electron chi connectivity index (χ3n) is 9.89. The molecule has 11 nitrogen and oxygen atoms in total. The molecule has 0 spiro atoms. The van der Waals surface area contributed by atoms with Crippen LogP contribution in [0.1, 0.15) is 65.6 Å². The zero-order chi connectivity index (χ0) is 41.8. The number of aromatic nitrogens is 5. The SMILES string of the molecule is COCC(=O)Nc1nn(C)c2c(-c3ccc(C#CC(C)(O)CF)nc3[C@H](Cc3cc(F)cc(F)c3)NC(=O)Cn3nc(C(F)F)c4c3C(F)(F)[C@@H]3C[C@H]43)ccc(Cl)c12. The first-order chi connectivity index (χ1) is 27.4. The van der Waals surface area contributed by atoms with Crippen LogP contribution in [0.5, 0.6) is 0 Å². The van der Waals surface area contributed by atoms with Gasteiger partial charge in [0, 0.05) is 42.8 Å². The minimum Gasteiger partial charge on any atom is -0.375 e. The first-order valence-electron chi connectivity index (χ1n) is 17.7. The lowest BCUT2D eigenvalue weighted by molar-refractivity contribution is -0.123. The van der Waals surface area contributed by atoms with Gasteiger partial charge in [-0.1, -0.05) is 23.6 Å². The number of amides is 2. The number of nitrogens with one attached hydrogen (secondary N) is 2. The average Bonchev–Trinajstić information content (AvgIpc) is 3.69. The van der Waals surface area contributed by atoms with Crippen molar-refractivity contribution in [1.82, 2.24) is 29.9 Å². The van der Waals surface area contributed by atoms with E-state index in [0.717, 1.165) is 19.1 Å². The molecule has 3 heterocycles. The van der Waals surface area contributed by atoms with Crippen molar-refractivity contribution in [3.63, 3.8) is 0 Å². The molecule has 4 atom stereocenters. The second-order valence-electron chi connectivity index (χ2n) is 14.3. The van der Waals surface area contributed by atoms with Gasteiger partial charge in [0.15, 0.2) is 11.4 Å². The Morgan fingerprint density at radius 2 is 1.79 bits per heavy atom. The molecule has 0 saturated heterocycles. The Morgan fingerprint density at radius 1 is 1.09 bits per heavy atom. The number of alkyl halides is 5. The van der Waals surface area contributed by atoms with Crippen LogP contribution < -0.4 is 10.6 Å². The molecule has 58 heavy (non-hydrogen) atoms. The summed E-state index contributed by atoms with van der Waals surface area (Å²) in [5.74, 6) is -3.94. The third kappa shape index (κ3) is 7.73. The Labute approximate surface area is 330 Å². The van der Waals surface area contributed by atoms with Crippen molar-refractivity contribution in [1.29, 1.82) is 0 Å². The Morgan fingerprint density at radius 3 is 2.47 bits per heavy atom.